The Bertz CT molecular complexity index is 821. The monoisotopic (exact) mass is 381 g/mol. The van der Waals surface area contributed by atoms with Crippen LogP contribution in [0.3, 0.4) is 0 Å². The van der Waals surface area contributed by atoms with Crippen molar-refractivity contribution in [1.82, 2.24) is 25.4 Å². The fourth-order valence-electron chi connectivity index (χ4n) is 2.94. The number of hydrogen-bond acceptors (Lipinski definition) is 3. The van der Waals surface area contributed by atoms with E-state index in [-0.39, 0.29) is 12.0 Å². The minimum atomic E-state index is -3.36. The van der Waals surface area contributed by atoms with Crippen molar-refractivity contribution in [1.29, 1.82) is 0 Å². The van der Waals surface area contributed by atoms with Gasteiger partial charge >= 0.3 is 6.03 Å². The molecule has 146 valence electrons. The predicted molar refractivity (Wildman–Crippen MR) is 93.0 cm³/mol. The number of nitrogens with one attached hydrogen (secondary N) is 2. The zero-order valence-corrected chi connectivity index (χ0v) is 15.2. The highest BCUT2D eigenvalue weighted by Gasteiger charge is 2.33. The molecule has 27 heavy (non-hydrogen) atoms. The van der Waals surface area contributed by atoms with Crippen LogP contribution in [-0.2, 0) is 18.9 Å². The highest BCUT2D eigenvalue weighted by molar-refractivity contribution is 5.74. The molecule has 0 fully saturated rings. The average Bonchev–Trinajstić information content (AvgIpc) is 3.04. The van der Waals surface area contributed by atoms with Crippen molar-refractivity contribution < 1.29 is 18.0 Å². The third kappa shape index (κ3) is 4.58. The van der Waals surface area contributed by atoms with Crippen LogP contribution < -0.4 is 10.6 Å². The molecule has 0 spiro atoms. The minimum absolute atomic E-state index is 0.211. The normalized spacial score (nSPS) is 16.9. The van der Waals surface area contributed by atoms with Gasteiger partial charge in [-0.1, -0.05) is 26.0 Å². The second kappa shape index (κ2) is 7.58. The van der Waals surface area contributed by atoms with E-state index in [1.807, 2.05) is 13.8 Å². The highest BCUT2D eigenvalue weighted by atomic mass is 19.3. The molecule has 1 aliphatic heterocycles. The van der Waals surface area contributed by atoms with Gasteiger partial charge in [0.25, 0.3) is 5.92 Å². The molecule has 2 heterocycles. The van der Waals surface area contributed by atoms with E-state index >= 15 is 0 Å². The summed E-state index contributed by atoms with van der Waals surface area (Å²) < 4.78 is 43.1. The first-order valence-electron chi connectivity index (χ1n) is 8.86. The number of fused-ring (bicyclic) bond motifs is 1. The molecule has 0 bridgehead atoms. The van der Waals surface area contributed by atoms with E-state index in [0.717, 1.165) is 29.8 Å². The van der Waals surface area contributed by atoms with E-state index in [2.05, 4.69) is 20.7 Å². The molecule has 6 nitrogen and oxygen atoms in total. The Morgan fingerprint density at radius 3 is 2.89 bits per heavy atom. The third-order valence-electron chi connectivity index (χ3n) is 4.44. The number of amides is 2. The van der Waals surface area contributed by atoms with Crippen LogP contribution in [0, 0.1) is 5.82 Å². The molecule has 9 heteroatoms. The first-order chi connectivity index (χ1) is 12.7. The van der Waals surface area contributed by atoms with Crippen LogP contribution in [-0.4, -0.2) is 33.4 Å². The zero-order chi connectivity index (χ0) is 19.6. The van der Waals surface area contributed by atoms with Gasteiger partial charge in [-0.25, -0.2) is 18.9 Å². The van der Waals surface area contributed by atoms with Gasteiger partial charge in [0.05, 0.1) is 19.1 Å². The van der Waals surface area contributed by atoms with E-state index in [0.29, 0.717) is 19.4 Å². The minimum Gasteiger partial charge on any atom is -0.334 e. The molecule has 1 aromatic carbocycles. The third-order valence-corrected chi connectivity index (χ3v) is 4.44. The number of urea groups is 1. The number of rotatable bonds is 5. The molecule has 0 saturated carbocycles. The molecule has 1 aliphatic rings. The van der Waals surface area contributed by atoms with Gasteiger partial charge < -0.3 is 10.6 Å². The number of carbonyl (C=O) groups is 1. The molecule has 1 aromatic heterocycles. The SMILES string of the molecule is CC(C)c1nc2n(n1)CC(NC(=O)NCC(F)(F)c1cccc(F)c1)CC2. The van der Waals surface area contributed by atoms with E-state index < -0.39 is 29.9 Å². The summed E-state index contributed by atoms with van der Waals surface area (Å²) in [4.78, 5) is 16.5. The lowest BCUT2D eigenvalue weighted by molar-refractivity contribution is -0.000885. The molecule has 0 aliphatic carbocycles. The summed E-state index contributed by atoms with van der Waals surface area (Å²) >= 11 is 0. The largest absolute Gasteiger partial charge is 0.334 e. The molecule has 3 rings (SSSR count). The van der Waals surface area contributed by atoms with Crippen LogP contribution in [0.15, 0.2) is 24.3 Å². The number of halogens is 3. The molecule has 2 amide bonds. The van der Waals surface area contributed by atoms with E-state index in [4.69, 9.17) is 0 Å². The smallest absolute Gasteiger partial charge is 0.315 e. The van der Waals surface area contributed by atoms with Crippen molar-refractivity contribution in [2.45, 2.75) is 51.1 Å². The van der Waals surface area contributed by atoms with Gasteiger partial charge in [-0.05, 0) is 18.6 Å². The Labute approximate surface area is 155 Å². The van der Waals surface area contributed by atoms with E-state index in [1.165, 1.54) is 6.07 Å². The predicted octanol–water partition coefficient (Wildman–Crippen LogP) is 2.95. The Balaban J connectivity index is 1.53. The second-order valence-electron chi connectivity index (χ2n) is 7.00. The Morgan fingerprint density at radius 1 is 1.41 bits per heavy atom. The molecule has 1 unspecified atom stereocenters. The van der Waals surface area contributed by atoms with Crippen LogP contribution >= 0.6 is 0 Å². The summed E-state index contributed by atoms with van der Waals surface area (Å²) in [7, 11) is 0. The van der Waals surface area contributed by atoms with Crippen LogP contribution in [0.1, 0.15) is 43.4 Å². The van der Waals surface area contributed by atoms with E-state index in [9.17, 15) is 18.0 Å². The summed E-state index contributed by atoms with van der Waals surface area (Å²) in [5, 5.41) is 9.27. The Hall–Kier alpha value is -2.58. The van der Waals surface area contributed by atoms with Gasteiger partial charge in [0.1, 0.15) is 11.6 Å². The first kappa shape index (κ1) is 19.2. The van der Waals surface area contributed by atoms with Crippen molar-refractivity contribution in [2.75, 3.05) is 6.54 Å². The molecule has 2 aromatic rings. The van der Waals surface area contributed by atoms with Crippen molar-refractivity contribution >= 4 is 6.03 Å². The standard InChI is InChI=1S/C18H22F3N5O/c1-11(2)16-24-15-7-6-14(9-26(15)25-16)23-17(27)22-10-18(20,21)12-4-3-5-13(19)8-12/h3-5,8,11,14H,6-7,9-10H2,1-2H3,(H2,22,23,27). The maximum atomic E-state index is 14.1. The topological polar surface area (TPSA) is 71.8 Å². The highest BCUT2D eigenvalue weighted by Crippen LogP contribution is 2.27. The van der Waals surface area contributed by atoms with Crippen molar-refractivity contribution in [3.05, 3.63) is 47.3 Å². The Morgan fingerprint density at radius 2 is 2.19 bits per heavy atom. The Kier molecular flexibility index (Phi) is 5.38. The summed E-state index contributed by atoms with van der Waals surface area (Å²) in [5.41, 5.74) is -0.478. The fraction of sp³-hybridized carbons (Fsp3) is 0.500. The van der Waals surface area contributed by atoms with Gasteiger partial charge in [0.15, 0.2) is 5.82 Å². The number of hydrogen-bond donors (Lipinski definition) is 2. The van der Waals surface area contributed by atoms with Gasteiger partial charge in [-0.15, -0.1) is 0 Å². The maximum Gasteiger partial charge on any atom is 0.315 e. The average molecular weight is 381 g/mol. The van der Waals surface area contributed by atoms with Crippen LogP contribution in [0.5, 0.6) is 0 Å². The molecule has 1 atom stereocenters. The number of aryl methyl sites for hydroxylation is 1. The molecule has 0 saturated heterocycles. The van der Waals surface area contributed by atoms with Crippen molar-refractivity contribution in [3.8, 4) is 0 Å². The molecular weight excluding hydrogens is 359 g/mol. The summed E-state index contributed by atoms with van der Waals surface area (Å²) in [5.74, 6) is -2.28. The summed E-state index contributed by atoms with van der Waals surface area (Å²) in [6.07, 6.45) is 1.31. The molecular formula is C18H22F3N5O. The number of alkyl halides is 2. The van der Waals surface area contributed by atoms with E-state index in [1.54, 1.807) is 4.68 Å². The zero-order valence-electron chi connectivity index (χ0n) is 15.2. The lowest BCUT2D eigenvalue weighted by atomic mass is 10.1. The lowest BCUT2D eigenvalue weighted by Gasteiger charge is -2.24. The first-order valence-corrected chi connectivity index (χ1v) is 8.86. The second-order valence-corrected chi connectivity index (χ2v) is 7.00. The molecule has 0 radical (unpaired) electrons. The van der Waals surface area contributed by atoms with Gasteiger partial charge in [-0.3, -0.25) is 0 Å². The number of benzene rings is 1. The quantitative estimate of drug-likeness (QED) is 0.837. The maximum absolute atomic E-state index is 14.1. The van der Waals surface area contributed by atoms with Crippen LogP contribution in [0.25, 0.3) is 0 Å². The lowest BCUT2D eigenvalue weighted by Crippen LogP contribution is -2.48. The van der Waals surface area contributed by atoms with Gasteiger partial charge in [0, 0.05) is 17.9 Å². The summed E-state index contributed by atoms with van der Waals surface area (Å²) in [6, 6.07) is 3.28. The van der Waals surface area contributed by atoms with Crippen molar-refractivity contribution in [3.63, 3.8) is 0 Å². The van der Waals surface area contributed by atoms with Gasteiger partial charge in [-0.2, -0.15) is 13.9 Å². The number of carbonyl (C=O) groups excluding carboxylic acids is 1. The summed E-state index contributed by atoms with van der Waals surface area (Å²) in [6.45, 7) is 3.54. The number of aromatic nitrogens is 3. The molecule has 2 N–H and O–H groups in total. The number of nitrogens with zero attached hydrogens (tertiary/aromatic N) is 3. The van der Waals surface area contributed by atoms with Crippen LogP contribution in [0.4, 0.5) is 18.0 Å². The fourth-order valence-corrected chi connectivity index (χ4v) is 2.94. The van der Waals surface area contributed by atoms with Crippen LogP contribution in [0.2, 0.25) is 0 Å². The van der Waals surface area contributed by atoms with Gasteiger partial charge in [0.2, 0.25) is 0 Å². The van der Waals surface area contributed by atoms with Crippen molar-refractivity contribution in [2.24, 2.45) is 0 Å².